The molecule has 0 heterocycles. The molecule has 1 rings (SSSR count). The lowest BCUT2D eigenvalue weighted by Crippen LogP contribution is -2.19. The van der Waals surface area contributed by atoms with Crippen molar-refractivity contribution >= 4 is 0 Å². The van der Waals surface area contributed by atoms with E-state index in [4.69, 9.17) is 4.74 Å². The van der Waals surface area contributed by atoms with E-state index in [-0.39, 0.29) is 13.0 Å². The highest BCUT2D eigenvalue weighted by molar-refractivity contribution is 5.22. The summed E-state index contributed by atoms with van der Waals surface area (Å²) in [4.78, 5) is 0. The van der Waals surface area contributed by atoms with Crippen molar-refractivity contribution in [2.45, 2.75) is 46.0 Å². The summed E-state index contributed by atoms with van der Waals surface area (Å²) in [5, 5.41) is 3.36. The first-order chi connectivity index (χ1) is 9.87. The predicted octanol–water partition coefficient (Wildman–Crippen LogP) is 4.29. The second-order valence-electron chi connectivity index (χ2n) is 5.62. The Hall–Kier alpha value is -1.07. The largest absolute Gasteiger partial charge is 0.389 e. The van der Waals surface area contributed by atoms with Crippen molar-refractivity contribution in [3.63, 3.8) is 0 Å². The maximum absolute atomic E-state index is 12.0. The third-order valence-electron chi connectivity index (χ3n) is 2.89. The molecule has 1 aromatic rings. The molecule has 1 N–H and O–H groups in total. The summed E-state index contributed by atoms with van der Waals surface area (Å²) >= 11 is 0. The Labute approximate surface area is 124 Å². The molecule has 0 amide bonds. The molecule has 0 fully saturated rings. The van der Waals surface area contributed by atoms with Gasteiger partial charge >= 0.3 is 6.18 Å². The van der Waals surface area contributed by atoms with Gasteiger partial charge in [-0.15, -0.1) is 0 Å². The van der Waals surface area contributed by atoms with Crippen LogP contribution in [0.5, 0.6) is 0 Å². The van der Waals surface area contributed by atoms with Crippen molar-refractivity contribution in [2.75, 3.05) is 13.2 Å². The molecular formula is C16H24F3NO. The highest BCUT2D eigenvalue weighted by atomic mass is 19.4. The molecule has 1 aromatic carbocycles. The van der Waals surface area contributed by atoms with Gasteiger partial charge in [0.2, 0.25) is 0 Å². The predicted molar refractivity (Wildman–Crippen MR) is 77.9 cm³/mol. The van der Waals surface area contributed by atoms with Crippen molar-refractivity contribution in [3.05, 3.63) is 35.4 Å². The van der Waals surface area contributed by atoms with Crippen molar-refractivity contribution < 1.29 is 17.9 Å². The number of halogens is 3. The van der Waals surface area contributed by atoms with Crippen LogP contribution < -0.4 is 5.32 Å². The third-order valence-corrected chi connectivity index (χ3v) is 2.89. The Morgan fingerprint density at radius 1 is 1.19 bits per heavy atom. The Bertz CT molecular complexity index is 405. The molecule has 21 heavy (non-hydrogen) atoms. The van der Waals surface area contributed by atoms with Crippen LogP contribution in [0.15, 0.2) is 24.3 Å². The fraction of sp³-hybridized carbons (Fsp3) is 0.625. The molecule has 0 aliphatic heterocycles. The van der Waals surface area contributed by atoms with E-state index in [0.29, 0.717) is 12.5 Å². The van der Waals surface area contributed by atoms with Crippen molar-refractivity contribution in [1.82, 2.24) is 5.32 Å². The zero-order valence-electron chi connectivity index (χ0n) is 12.7. The van der Waals surface area contributed by atoms with Crippen LogP contribution in [0.2, 0.25) is 0 Å². The third kappa shape index (κ3) is 9.47. The van der Waals surface area contributed by atoms with Gasteiger partial charge in [0.1, 0.15) is 0 Å². The lowest BCUT2D eigenvalue weighted by molar-refractivity contribution is -0.138. The number of hydrogen-bond acceptors (Lipinski definition) is 2. The molecule has 2 nitrogen and oxygen atoms in total. The Morgan fingerprint density at radius 3 is 2.57 bits per heavy atom. The van der Waals surface area contributed by atoms with Gasteiger partial charge in [-0.25, -0.2) is 0 Å². The van der Waals surface area contributed by atoms with Crippen LogP contribution in [-0.4, -0.2) is 19.3 Å². The van der Waals surface area contributed by atoms with Crippen LogP contribution >= 0.6 is 0 Å². The summed E-state index contributed by atoms with van der Waals surface area (Å²) < 4.78 is 41.2. The van der Waals surface area contributed by atoms with E-state index in [1.54, 1.807) is 0 Å². The van der Waals surface area contributed by atoms with Gasteiger partial charge in [0, 0.05) is 19.6 Å². The molecule has 0 aliphatic rings. The van der Waals surface area contributed by atoms with Gasteiger partial charge in [-0.1, -0.05) is 38.1 Å². The van der Waals surface area contributed by atoms with Gasteiger partial charge in [0.25, 0.3) is 0 Å². The van der Waals surface area contributed by atoms with E-state index in [1.807, 2.05) is 24.3 Å². The topological polar surface area (TPSA) is 21.3 Å². The number of rotatable bonds is 9. The Kier molecular flexibility index (Phi) is 7.75. The van der Waals surface area contributed by atoms with E-state index in [2.05, 4.69) is 19.2 Å². The Balaban J connectivity index is 2.26. The van der Waals surface area contributed by atoms with Gasteiger partial charge in [-0.3, -0.25) is 0 Å². The first-order valence-corrected chi connectivity index (χ1v) is 7.30. The quantitative estimate of drug-likeness (QED) is 0.687. The SMILES string of the molecule is CC(C)CNCc1cccc(COCCCC(F)(F)F)c1. The summed E-state index contributed by atoms with van der Waals surface area (Å²) in [6.07, 6.45) is -4.86. The van der Waals surface area contributed by atoms with Gasteiger partial charge in [0.15, 0.2) is 0 Å². The summed E-state index contributed by atoms with van der Waals surface area (Å²) in [6, 6.07) is 7.92. The van der Waals surface area contributed by atoms with E-state index < -0.39 is 12.6 Å². The fourth-order valence-corrected chi connectivity index (χ4v) is 1.90. The first-order valence-electron chi connectivity index (χ1n) is 7.30. The zero-order valence-corrected chi connectivity index (χ0v) is 12.7. The number of alkyl halides is 3. The van der Waals surface area contributed by atoms with Gasteiger partial charge in [0.05, 0.1) is 6.61 Å². The van der Waals surface area contributed by atoms with Gasteiger partial charge in [-0.2, -0.15) is 13.2 Å². The summed E-state index contributed by atoms with van der Waals surface area (Å²) in [7, 11) is 0. The zero-order chi connectivity index (χ0) is 15.7. The lowest BCUT2D eigenvalue weighted by Gasteiger charge is -2.10. The summed E-state index contributed by atoms with van der Waals surface area (Å²) in [5.74, 6) is 0.602. The number of hydrogen-bond donors (Lipinski definition) is 1. The van der Waals surface area contributed by atoms with Crippen LogP contribution in [0.1, 0.15) is 37.8 Å². The van der Waals surface area contributed by atoms with Gasteiger partial charge < -0.3 is 10.1 Å². The van der Waals surface area contributed by atoms with E-state index in [0.717, 1.165) is 24.2 Å². The highest BCUT2D eigenvalue weighted by Gasteiger charge is 2.25. The smallest absolute Gasteiger partial charge is 0.377 e. The van der Waals surface area contributed by atoms with Crippen LogP contribution in [0.25, 0.3) is 0 Å². The van der Waals surface area contributed by atoms with E-state index in [1.165, 1.54) is 0 Å². The number of benzene rings is 1. The van der Waals surface area contributed by atoms with E-state index in [9.17, 15) is 13.2 Å². The molecule has 0 aromatic heterocycles. The molecule has 0 bridgehead atoms. The highest BCUT2D eigenvalue weighted by Crippen LogP contribution is 2.21. The van der Waals surface area contributed by atoms with Crippen LogP contribution in [0, 0.1) is 5.92 Å². The maximum Gasteiger partial charge on any atom is 0.389 e. The minimum Gasteiger partial charge on any atom is -0.377 e. The Morgan fingerprint density at radius 2 is 1.90 bits per heavy atom. The summed E-state index contributed by atoms with van der Waals surface area (Å²) in [5.41, 5.74) is 2.15. The maximum atomic E-state index is 12.0. The molecule has 0 radical (unpaired) electrons. The average molecular weight is 303 g/mol. The first kappa shape index (κ1) is 18.0. The van der Waals surface area contributed by atoms with Crippen LogP contribution in [0.4, 0.5) is 13.2 Å². The molecule has 0 unspecified atom stereocenters. The van der Waals surface area contributed by atoms with Crippen molar-refractivity contribution in [3.8, 4) is 0 Å². The standard InChI is InChI=1S/C16H24F3NO/c1-13(2)10-20-11-14-5-3-6-15(9-14)12-21-8-4-7-16(17,18)19/h3,5-6,9,13,20H,4,7-8,10-12H2,1-2H3. The van der Waals surface area contributed by atoms with Crippen molar-refractivity contribution in [2.24, 2.45) is 5.92 Å². The summed E-state index contributed by atoms with van der Waals surface area (Å²) in [6.45, 7) is 6.54. The molecule has 0 atom stereocenters. The minimum atomic E-state index is -4.09. The molecule has 0 spiro atoms. The molecule has 0 aliphatic carbocycles. The van der Waals surface area contributed by atoms with Crippen LogP contribution in [-0.2, 0) is 17.9 Å². The second-order valence-corrected chi connectivity index (χ2v) is 5.62. The second kappa shape index (κ2) is 9.05. The molecule has 0 saturated heterocycles. The minimum absolute atomic E-state index is 0.0130. The lowest BCUT2D eigenvalue weighted by atomic mass is 10.1. The average Bonchev–Trinajstić information content (AvgIpc) is 2.37. The monoisotopic (exact) mass is 303 g/mol. The molecule has 0 saturated carbocycles. The van der Waals surface area contributed by atoms with Gasteiger partial charge in [-0.05, 0) is 30.0 Å². The fourth-order valence-electron chi connectivity index (χ4n) is 1.90. The number of nitrogens with one attached hydrogen (secondary N) is 1. The normalized spacial score (nSPS) is 12.1. The van der Waals surface area contributed by atoms with Crippen LogP contribution in [0.3, 0.4) is 0 Å². The molecule has 120 valence electrons. The van der Waals surface area contributed by atoms with Crippen molar-refractivity contribution in [1.29, 1.82) is 0 Å². The van der Waals surface area contributed by atoms with E-state index >= 15 is 0 Å². The molecule has 5 heteroatoms. The number of ether oxygens (including phenoxy) is 1. The molecular weight excluding hydrogens is 279 g/mol.